The van der Waals surface area contributed by atoms with Gasteiger partial charge in [-0.15, -0.1) is 0 Å². The predicted molar refractivity (Wildman–Crippen MR) is 115 cm³/mol. The van der Waals surface area contributed by atoms with Crippen molar-refractivity contribution in [3.05, 3.63) is 29.8 Å². The fraction of sp³-hybridized carbons (Fsp3) is 0.682. The largest absolute Gasteiger partial charge is 0.494 e. The van der Waals surface area contributed by atoms with Crippen LogP contribution in [0.5, 0.6) is 5.75 Å². The van der Waals surface area contributed by atoms with E-state index >= 15 is 0 Å². The first kappa shape index (κ1) is 22.1. The average Bonchev–Trinajstić information content (AvgIpc) is 3.04. The number of nitrogens with zero attached hydrogens (tertiary/aromatic N) is 2. The van der Waals surface area contributed by atoms with E-state index in [1.54, 1.807) is 0 Å². The number of ether oxygens (including phenoxy) is 1. The Morgan fingerprint density at radius 3 is 2.31 bits per heavy atom. The summed E-state index contributed by atoms with van der Waals surface area (Å²) in [5, 5.41) is 0. The number of sulfone groups is 1. The van der Waals surface area contributed by atoms with Crippen LogP contribution in [0.3, 0.4) is 0 Å². The molecule has 1 aromatic carbocycles. The quantitative estimate of drug-likeness (QED) is 0.659. The molecule has 0 N–H and O–H groups in total. The lowest BCUT2D eigenvalue weighted by Crippen LogP contribution is -2.52. The highest BCUT2D eigenvalue weighted by Crippen LogP contribution is 2.24. The van der Waals surface area contributed by atoms with Gasteiger partial charge in [0, 0.05) is 38.6 Å². The van der Waals surface area contributed by atoms with Gasteiger partial charge in [0.1, 0.15) is 5.75 Å². The van der Waals surface area contributed by atoms with E-state index < -0.39 is 9.84 Å². The van der Waals surface area contributed by atoms with Crippen molar-refractivity contribution >= 4 is 15.7 Å². The molecule has 2 aliphatic rings. The summed E-state index contributed by atoms with van der Waals surface area (Å²) in [6.45, 7) is 9.98. The lowest BCUT2D eigenvalue weighted by Gasteiger charge is -2.37. The summed E-state index contributed by atoms with van der Waals surface area (Å²) < 4.78 is 29.1. The molecule has 3 rings (SSSR count). The average molecular weight is 423 g/mol. The highest BCUT2D eigenvalue weighted by Gasteiger charge is 2.34. The van der Waals surface area contributed by atoms with Gasteiger partial charge >= 0.3 is 0 Å². The molecule has 2 saturated heterocycles. The number of hydrogen-bond acceptors (Lipinski definition) is 5. The van der Waals surface area contributed by atoms with Crippen LogP contribution in [0.1, 0.15) is 45.6 Å². The first-order valence-electron chi connectivity index (χ1n) is 10.6. The molecule has 162 valence electrons. The van der Waals surface area contributed by atoms with Crippen molar-refractivity contribution < 1.29 is 17.9 Å². The van der Waals surface area contributed by atoms with Crippen LogP contribution in [0.4, 0.5) is 0 Å². The van der Waals surface area contributed by atoms with Crippen molar-refractivity contribution in [3.8, 4) is 5.75 Å². The van der Waals surface area contributed by atoms with Gasteiger partial charge in [0.2, 0.25) is 5.91 Å². The Hall–Kier alpha value is -1.60. The van der Waals surface area contributed by atoms with Crippen LogP contribution >= 0.6 is 0 Å². The van der Waals surface area contributed by atoms with Crippen molar-refractivity contribution in [1.29, 1.82) is 0 Å². The van der Waals surface area contributed by atoms with Gasteiger partial charge in [0.25, 0.3) is 0 Å². The predicted octanol–water partition coefficient (Wildman–Crippen LogP) is 2.47. The summed E-state index contributed by atoms with van der Waals surface area (Å²) in [5.74, 6) is 1.58. The smallest absolute Gasteiger partial charge is 0.222 e. The molecule has 29 heavy (non-hydrogen) atoms. The van der Waals surface area contributed by atoms with Gasteiger partial charge in [-0.25, -0.2) is 8.42 Å². The molecule has 1 atom stereocenters. The Bertz CT molecular complexity index is 791. The molecular formula is C22H34N2O4S. The van der Waals surface area contributed by atoms with E-state index in [9.17, 15) is 13.2 Å². The van der Waals surface area contributed by atoms with Gasteiger partial charge in [0.15, 0.2) is 9.84 Å². The molecule has 2 heterocycles. The topological polar surface area (TPSA) is 66.9 Å². The minimum absolute atomic E-state index is 0.126. The number of amides is 1. The van der Waals surface area contributed by atoms with Crippen molar-refractivity contribution in [2.24, 2.45) is 0 Å². The Morgan fingerprint density at radius 1 is 1.10 bits per heavy atom. The van der Waals surface area contributed by atoms with Crippen LogP contribution in [-0.4, -0.2) is 74.5 Å². The van der Waals surface area contributed by atoms with Gasteiger partial charge in [-0.2, -0.15) is 0 Å². The minimum Gasteiger partial charge on any atom is -0.494 e. The van der Waals surface area contributed by atoms with Gasteiger partial charge in [-0.3, -0.25) is 9.69 Å². The first-order chi connectivity index (χ1) is 13.6. The molecule has 0 radical (unpaired) electrons. The number of carbonyl (C=O) groups excluding carboxylic acids is 1. The molecule has 0 aromatic heterocycles. The van der Waals surface area contributed by atoms with Crippen LogP contribution in [0.2, 0.25) is 0 Å². The zero-order valence-electron chi connectivity index (χ0n) is 17.9. The lowest BCUT2D eigenvalue weighted by atomic mass is 9.87. The van der Waals surface area contributed by atoms with Crippen LogP contribution < -0.4 is 4.74 Å². The van der Waals surface area contributed by atoms with E-state index in [0.717, 1.165) is 25.3 Å². The Balaban J connectivity index is 1.34. The van der Waals surface area contributed by atoms with Crippen molar-refractivity contribution in [2.75, 3.05) is 44.3 Å². The van der Waals surface area contributed by atoms with Crippen molar-refractivity contribution in [2.45, 2.75) is 51.5 Å². The molecule has 0 bridgehead atoms. The summed E-state index contributed by atoms with van der Waals surface area (Å²) >= 11 is 0. The summed E-state index contributed by atoms with van der Waals surface area (Å²) in [5.41, 5.74) is 1.40. The van der Waals surface area contributed by atoms with Crippen LogP contribution in [0.15, 0.2) is 24.3 Å². The third kappa shape index (κ3) is 6.19. The maximum atomic E-state index is 12.5. The van der Waals surface area contributed by atoms with Crippen LogP contribution in [-0.2, 0) is 20.0 Å². The summed E-state index contributed by atoms with van der Waals surface area (Å²) in [7, 11) is -2.86. The second-order valence-electron chi connectivity index (χ2n) is 9.20. The highest BCUT2D eigenvalue weighted by molar-refractivity contribution is 7.91. The Kier molecular flexibility index (Phi) is 6.89. The van der Waals surface area contributed by atoms with Gasteiger partial charge in [0.05, 0.1) is 18.1 Å². The summed E-state index contributed by atoms with van der Waals surface area (Å²) in [6, 6.07) is 8.30. The molecule has 1 amide bonds. The molecule has 0 spiro atoms. The molecule has 1 aromatic rings. The zero-order chi connectivity index (χ0) is 21.1. The van der Waals surface area contributed by atoms with Gasteiger partial charge < -0.3 is 9.64 Å². The van der Waals surface area contributed by atoms with E-state index in [0.29, 0.717) is 38.3 Å². The zero-order valence-corrected chi connectivity index (χ0v) is 18.7. The SMILES string of the molecule is CC(C)(C)c1ccc(OCCCC(=O)N2CCN(C3CCS(=O)(=O)C3)CC2)cc1. The second-order valence-corrected chi connectivity index (χ2v) is 11.4. The number of rotatable bonds is 6. The molecule has 0 saturated carbocycles. The van der Waals surface area contributed by atoms with E-state index in [2.05, 4.69) is 37.8 Å². The van der Waals surface area contributed by atoms with E-state index in [-0.39, 0.29) is 23.1 Å². The van der Waals surface area contributed by atoms with Gasteiger partial charge in [-0.1, -0.05) is 32.9 Å². The fourth-order valence-corrected chi connectivity index (χ4v) is 5.78. The maximum absolute atomic E-state index is 12.5. The Labute approximate surface area is 175 Å². The Morgan fingerprint density at radius 2 is 1.76 bits per heavy atom. The first-order valence-corrected chi connectivity index (χ1v) is 12.4. The molecule has 6 nitrogen and oxygen atoms in total. The second kappa shape index (κ2) is 9.04. The lowest BCUT2D eigenvalue weighted by molar-refractivity contribution is -0.133. The standard InChI is InChI=1S/C22H34N2O4S/c1-22(2,3)18-6-8-20(9-7-18)28-15-4-5-21(25)24-13-11-23(12-14-24)19-10-16-29(26,27)17-19/h6-9,19H,4-5,10-17H2,1-3H3. The van der Waals surface area contributed by atoms with Gasteiger partial charge in [-0.05, 0) is 36.0 Å². The third-order valence-electron chi connectivity index (χ3n) is 5.92. The van der Waals surface area contributed by atoms with Crippen LogP contribution in [0, 0.1) is 0 Å². The monoisotopic (exact) mass is 422 g/mol. The molecule has 2 aliphatic heterocycles. The van der Waals surface area contributed by atoms with Crippen molar-refractivity contribution in [3.63, 3.8) is 0 Å². The minimum atomic E-state index is -2.86. The normalized spacial score (nSPS) is 22.6. The van der Waals surface area contributed by atoms with Crippen LogP contribution in [0.25, 0.3) is 0 Å². The fourth-order valence-electron chi connectivity index (χ4n) is 4.02. The summed E-state index contributed by atoms with van der Waals surface area (Å²) in [4.78, 5) is 16.6. The van der Waals surface area contributed by atoms with E-state index in [4.69, 9.17) is 4.74 Å². The number of piperazine rings is 1. The number of hydrogen-bond donors (Lipinski definition) is 0. The maximum Gasteiger partial charge on any atom is 0.222 e. The summed E-state index contributed by atoms with van der Waals surface area (Å²) in [6.07, 6.45) is 1.91. The molecule has 1 unspecified atom stereocenters. The van der Waals surface area contributed by atoms with E-state index in [1.165, 1.54) is 5.56 Å². The molecule has 7 heteroatoms. The number of carbonyl (C=O) groups is 1. The van der Waals surface area contributed by atoms with Crippen molar-refractivity contribution in [1.82, 2.24) is 9.80 Å². The highest BCUT2D eigenvalue weighted by atomic mass is 32.2. The molecule has 2 fully saturated rings. The molecule has 0 aliphatic carbocycles. The molecular weight excluding hydrogens is 388 g/mol. The third-order valence-corrected chi connectivity index (χ3v) is 7.67. The number of benzene rings is 1. The van der Waals surface area contributed by atoms with E-state index in [1.807, 2.05) is 17.0 Å².